The van der Waals surface area contributed by atoms with E-state index in [2.05, 4.69) is 17.2 Å². The molecule has 0 bridgehead atoms. The van der Waals surface area contributed by atoms with Gasteiger partial charge in [-0.15, -0.1) is 0 Å². The first-order valence-electron chi connectivity index (χ1n) is 4.25. The fourth-order valence-electron chi connectivity index (χ4n) is 1.10. The van der Waals surface area contributed by atoms with Crippen LogP contribution in [0.4, 0.5) is 0 Å². The van der Waals surface area contributed by atoms with E-state index in [1.807, 2.05) is 43.9 Å². The molecule has 0 spiro atoms. The summed E-state index contributed by atoms with van der Waals surface area (Å²) in [7, 11) is 1.95. The summed E-state index contributed by atoms with van der Waals surface area (Å²) in [5.74, 6) is 0. The molecule has 2 nitrogen and oxygen atoms in total. The van der Waals surface area contributed by atoms with Gasteiger partial charge >= 0.3 is 0 Å². The van der Waals surface area contributed by atoms with Crippen LogP contribution in [0.1, 0.15) is 13.8 Å². The van der Waals surface area contributed by atoms with E-state index < -0.39 is 0 Å². The Morgan fingerprint density at radius 3 is 2.50 bits per heavy atom. The van der Waals surface area contributed by atoms with E-state index >= 15 is 0 Å². The molecule has 2 rings (SSSR count). The Labute approximate surface area is 72.8 Å². The van der Waals surface area contributed by atoms with E-state index in [1.54, 1.807) is 0 Å². The third kappa shape index (κ3) is 1.47. The largest absolute Gasteiger partial charge is 0.268 e. The molecular formula is C10H14N2. The van der Waals surface area contributed by atoms with Gasteiger partial charge in [-0.2, -0.15) is 5.10 Å². The molecule has 0 amide bonds. The molecule has 0 unspecified atom stereocenters. The van der Waals surface area contributed by atoms with Crippen molar-refractivity contribution in [3.05, 3.63) is 30.5 Å². The second-order valence-corrected chi connectivity index (χ2v) is 2.33. The van der Waals surface area contributed by atoms with Gasteiger partial charge in [0, 0.05) is 12.4 Å². The molecule has 2 aromatic rings. The minimum absolute atomic E-state index is 1.18. The smallest absolute Gasteiger partial charge is 0.0679 e. The molecule has 0 saturated heterocycles. The van der Waals surface area contributed by atoms with E-state index in [0.29, 0.717) is 0 Å². The van der Waals surface area contributed by atoms with Crippen LogP contribution >= 0.6 is 0 Å². The standard InChI is InChI=1S/C8H8N2.C2H6/c1-10-8-5-3-2-4-7(8)6-9-10;1-2/h2-6H,1H3;1-2H3. The Kier molecular flexibility index (Phi) is 2.86. The van der Waals surface area contributed by atoms with Gasteiger partial charge in [0.25, 0.3) is 0 Å². The van der Waals surface area contributed by atoms with Crippen LogP contribution in [0, 0.1) is 0 Å². The van der Waals surface area contributed by atoms with Gasteiger partial charge < -0.3 is 0 Å². The van der Waals surface area contributed by atoms with Crippen LogP contribution in [0.25, 0.3) is 10.9 Å². The van der Waals surface area contributed by atoms with Crippen molar-refractivity contribution >= 4 is 10.9 Å². The maximum atomic E-state index is 4.11. The number of nitrogens with zero attached hydrogens (tertiary/aromatic N) is 2. The highest BCUT2D eigenvalue weighted by atomic mass is 15.2. The molecular weight excluding hydrogens is 148 g/mol. The molecule has 12 heavy (non-hydrogen) atoms. The first-order chi connectivity index (χ1) is 5.88. The zero-order valence-electron chi connectivity index (χ0n) is 7.78. The van der Waals surface area contributed by atoms with Crippen molar-refractivity contribution in [1.82, 2.24) is 9.78 Å². The lowest BCUT2D eigenvalue weighted by Crippen LogP contribution is -1.87. The maximum absolute atomic E-state index is 4.11. The molecule has 0 aliphatic heterocycles. The van der Waals surface area contributed by atoms with Gasteiger partial charge in [-0.3, -0.25) is 4.68 Å². The summed E-state index contributed by atoms with van der Waals surface area (Å²) >= 11 is 0. The Morgan fingerprint density at radius 2 is 1.83 bits per heavy atom. The highest BCUT2D eigenvalue weighted by Gasteiger charge is 1.93. The second-order valence-electron chi connectivity index (χ2n) is 2.33. The molecule has 2 heteroatoms. The predicted molar refractivity (Wildman–Crippen MR) is 52.1 cm³/mol. The average molecular weight is 162 g/mol. The van der Waals surface area contributed by atoms with Crippen molar-refractivity contribution in [2.75, 3.05) is 0 Å². The van der Waals surface area contributed by atoms with Crippen LogP contribution in [-0.4, -0.2) is 9.78 Å². The zero-order chi connectivity index (χ0) is 8.97. The molecule has 0 atom stereocenters. The van der Waals surface area contributed by atoms with Crippen molar-refractivity contribution in [1.29, 1.82) is 0 Å². The Morgan fingerprint density at radius 1 is 1.17 bits per heavy atom. The van der Waals surface area contributed by atoms with Gasteiger partial charge in [-0.25, -0.2) is 0 Å². The van der Waals surface area contributed by atoms with Gasteiger partial charge in [0.15, 0.2) is 0 Å². The SMILES string of the molecule is CC.Cn1ncc2ccccc21. The summed E-state index contributed by atoms with van der Waals surface area (Å²) in [6.45, 7) is 4.00. The number of hydrogen-bond donors (Lipinski definition) is 0. The van der Waals surface area contributed by atoms with Crippen LogP contribution in [0.5, 0.6) is 0 Å². The van der Waals surface area contributed by atoms with Gasteiger partial charge in [0.05, 0.1) is 11.7 Å². The Bertz CT molecular complexity index is 349. The third-order valence-electron chi connectivity index (χ3n) is 1.66. The van der Waals surface area contributed by atoms with Crippen LogP contribution < -0.4 is 0 Å². The highest BCUT2D eigenvalue weighted by Crippen LogP contribution is 2.09. The quantitative estimate of drug-likeness (QED) is 0.582. The number of hydrogen-bond acceptors (Lipinski definition) is 1. The van der Waals surface area contributed by atoms with Crippen molar-refractivity contribution < 1.29 is 0 Å². The molecule has 0 saturated carbocycles. The fraction of sp³-hybridized carbons (Fsp3) is 0.300. The van der Waals surface area contributed by atoms with E-state index in [0.717, 1.165) is 0 Å². The van der Waals surface area contributed by atoms with Crippen LogP contribution in [-0.2, 0) is 7.05 Å². The van der Waals surface area contributed by atoms with Crippen LogP contribution in [0.3, 0.4) is 0 Å². The fourth-order valence-corrected chi connectivity index (χ4v) is 1.10. The lowest BCUT2D eigenvalue weighted by Gasteiger charge is -1.90. The van der Waals surface area contributed by atoms with Crippen molar-refractivity contribution in [2.45, 2.75) is 13.8 Å². The number of para-hydroxylation sites is 1. The summed E-state index contributed by atoms with van der Waals surface area (Å²) in [6, 6.07) is 8.15. The lowest BCUT2D eigenvalue weighted by atomic mass is 10.3. The monoisotopic (exact) mass is 162 g/mol. The molecule has 1 heterocycles. The van der Waals surface area contributed by atoms with Crippen molar-refractivity contribution in [2.24, 2.45) is 7.05 Å². The van der Waals surface area contributed by atoms with E-state index in [-0.39, 0.29) is 0 Å². The van der Waals surface area contributed by atoms with Gasteiger partial charge in [-0.1, -0.05) is 32.0 Å². The summed E-state index contributed by atoms with van der Waals surface area (Å²) < 4.78 is 1.87. The van der Waals surface area contributed by atoms with E-state index in [9.17, 15) is 0 Å². The number of aryl methyl sites for hydroxylation is 1. The van der Waals surface area contributed by atoms with Gasteiger partial charge in [0.2, 0.25) is 0 Å². The lowest BCUT2D eigenvalue weighted by molar-refractivity contribution is 0.797. The summed E-state index contributed by atoms with van der Waals surface area (Å²) in [5.41, 5.74) is 1.18. The summed E-state index contributed by atoms with van der Waals surface area (Å²) in [4.78, 5) is 0. The summed E-state index contributed by atoms with van der Waals surface area (Å²) in [5, 5.41) is 5.31. The molecule has 1 aromatic heterocycles. The predicted octanol–water partition coefficient (Wildman–Crippen LogP) is 2.60. The van der Waals surface area contributed by atoms with E-state index in [4.69, 9.17) is 0 Å². The van der Waals surface area contributed by atoms with Crippen molar-refractivity contribution in [3.8, 4) is 0 Å². The maximum Gasteiger partial charge on any atom is 0.0679 e. The topological polar surface area (TPSA) is 17.8 Å². The number of benzene rings is 1. The molecule has 0 N–H and O–H groups in total. The second kappa shape index (κ2) is 3.90. The number of rotatable bonds is 0. The van der Waals surface area contributed by atoms with Crippen LogP contribution in [0.2, 0.25) is 0 Å². The molecule has 0 radical (unpaired) electrons. The average Bonchev–Trinajstić information content (AvgIpc) is 2.53. The summed E-state index contributed by atoms with van der Waals surface area (Å²) in [6.07, 6.45) is 1.87. The minimum atomic E-state index is 1.18. The molecule has 64 valence electrons. The number of fused-ring (bicyclic) bond motifs is 1. The Hall–Kier alpha value is -1.31. The molecule has 1 aromatic carbocycles. The Balaban J connectivity index is 0.000000336. The van der Waals surface area contributed by atoms with Gasteiger partial charge in [0.1, 0.15) is 0 Å². The van der Waals surface area contributed by atoms with E-state index in [1.165, 1.54) is 10.9 Å². The third-order valence-corrected chi connectivity index (χ3v) is 1.66. The minimum Gasteiger partial charge on any atom is -0.268 e. The van der Waals surface area contributed by atoms with Gasteiger partial charge in [-0.05, 0) is 6.07 Å². The highest BCUT2D eigenvalue weighted by molar-refractivity contribution is 5.78. The molecule has 0 fully saturated rings. The van der Waals surface area contributed by atoms with Crippen LogP contribution in [0.15, 0.2) is 30.5 Å². The molecule has 0 aliphatic carbocycles. The first kappa shape index (κ1) is 8.78. The first-order valence-corrected chi connectivity index (χ1v) is 4.25. The zero-order valence-corrected chi connectivity index (χ0v) is 7.78. The number of aromatic nitrogens is 2. The normalized spacial score (nSPS) is 9.25. The van der Waals surface area contributed by atoms with Crippen molar-refractivity contribution in [3.63, 3.8) is 0 Å². The molecule has 0 aliphatic rings.